The van der Waals surface area contributed by atoms with Crippen LogP contribution in [0, 0.1) is 0 Å². The highest BCUT2D eigenvalue weighted by molar-refractivity contribution is 5.53. The number of hydrogen-bond acceptors (Lipinski definition) is 2. The third kappa shape index (κ3) is 1.96. The van der Waals surface area contributed by atoms with Crippen LogP contribution in [0.4, 0.5) is 0 Å². The maximum atomic E-state index is 5.57. The molecule has 20 heavy (non-hydrogen) atoms. The summed E-state index contributed by atoms with van der Waals surface area (Å²) in [5.41, 5.74) is 5.22. The van der Waals surface area contributed by atoms with Gasteiger partial charge < -0.3 is 9.47 Å². The zero-order valence-corrected chi connectivity index (χ0v) is 12.1. The van der Waals surface area contributed by atoms with E-state index in [2.05, 4.69) is 48.5 Å². The average molecular weight is 268 g/mol. The summed E-state index contributed by atoms with van der Waals surface area (Å²) >= 11 is 0. The second-order valence-electron chi connectivity index (χ2n) is 5.44. The van der Waals surface area contributed by atoms with E-state index in [0.717, 1.165) is 6.42 Å². The van der Waals surface area contributed by atoms with Gasteiger partial charge in [-0.1, -0.05) is 48.5 Å². The van der Waals surface area contributed by atoms with E-state index in [0.29, 0.717) is 13.2 Å². The third-order valence-corrected chi connectivity index (χ3v) is 4.23. The second-order valence-corrected chi connectivity index (χ2v) is 5.44. The van der Waals surface area contributed by atoms with Crippen LogP contribution < -0.4 is 0 Å². The van der Waals surface area contributed by atoms with Crippen LogP contribution in [-0.4, -0.2) is 27.4 Å². The van der Waals surface area contributed by atoms with Gasteiger partial charge in [0.15, 0.2) is 0 Å². The molecule has 0 radical (unpaired) electrons. The highest BCUT2D eigenvalue weighted by Gasteiger charge is 2.40. The minimum Gasteiger partial charge on any atom is -0.383 e. The van der Waals surface area contributed by atoms with Crippen LogP contribution in [-0.2, 0) is 21.3 Å². The quantitative estimate of drug-likeness (QED) is 0.848. The summed E-state index contributed by atoms with van der Waals surface area (Å²) in [6.45, 7) is 1.27. The predicted molar refractivity (Wildman–Crippen MR) is 80.2 cm³/mol. The molecule has 2 nitrogen and oxygen atoms in total. The van der Waals surface area contributed by atoms with Crippen molar-refractivity contribution in [2.24, 2.45) is 0 Å². The predicted octanol–water partition coefficient (Wildman–Crippen LogP) is 3.17. The van der Waals surface area contributed by atoms with E-state index in [4.69, 9.17) is 9.47 Å². The van der Waals surface area contributed by atoms with Gasteiger partial charge in [-0.15, -0.1) is 0 Å². The van der Waals surface area contributed by atoms with Gasteiger partial charge in [0.1, 0.15) is 0 Å². The Morgan fingerprint density at radius 2 is 1.25 bits per heavy atom. The molecule has 0 atom stereocenters. The fourth-order valence-corrected chi connectivity index (χ4v) is 3.48. The summed E-state index contributed by atoms with van der Waals surface area (Å²) in [6, 6.07) is 17.3. The first-order chi connectivity index (χ1) is 9.81. The number of ether oxygens (including phenoxy) is 2. The van der Waals surface area contributed by atoms with Crippen molar-refractivity contribution < 1.29 is 9.47 Å². The molecule has 0 unspecified atom stereocenters. The fraction of sp³-hybridized carbons (Fsp3) is 0.333. The molecule has 0 saturated heterocycles. The van der Waals surface area contributed by atoms with Gasteiger partial charge >= 0.3 is 0 Å². The van der Waals surface area contributed by atoms with Gasteiger partial charge in [0.05, 0.1) is 18.6 Å². The molecule has 1 aliphatic carbocycles. The zero-order valence-electron chi connectivity index (χ0n) is 12.1. The topological polar surface area (TPSA) is 18.5 Å². The van der Waals surface area contributed by atoms with Gasteiger partial charge in [0.25, 0.3) is 0 Å². The van der Waals surface area contributed by atoms with Crippen LogP contribution >= 0.6 is 0 Å². The van der Waals surface area contributed by atoms with Crippen molar-refractivity contribution in [1.29, 1.82) is 0 Å². The molecule has 0 aliphatic heterocycles. The Morgan fingerprint density at radius 3 is 1.70 bits per heavy atom. The molecule has 1 aliphatic rings. The molecule has 104 valence electrons. The lowest BCUT2D eigenvalue weighted by molar-refractivity contribution is 0.0775. The Bertz CT molecular complexity index is 550. The lowest BCUT2D eigenvalue weighted by atomic mass is 9.67. The van der Waals surface area contributed by atoms with Gasteiger partial charge in [-0.05, 0) is 28.7 Å². The van der Waals surface area contributed by atoms with Crippen molar-refractivity contribution in [1.82, 2.24) is 0 Å². The number of rotatable bonds is 4. The number of fused-ring (bicyclic) bond motifs is 2. The van der Waals surface area contributed by atoms with E-state index in [1.165, 1.54) is 22.3 Å². The highest BCUT2D eigenvalue weighted by atomic mass is 16.5. The molecule has 0 heterocycles. The Morgan fingerprint density at radius 1 is 0.800 bits per heavy atom. The zero-order chi connectivity index (χ0) is 14.0. The first-order valence-electron chi connectivity index (χ1n) is 6.96. The summed E-state index contributed by atoms with van der Waals surface area (Å²) in [5, 5.41) is 0. The van der Waals surface area contributed by atoms with Crippen LogP contribution in [0.1, 0.15) is 22.3 Å². The van der Waals surface area contributed by atoms with E-state index >= 15 is 0 Å². The number of benzene rings is 2. The highest BCUT2D eigenvalue weighted by Crippen LogP contribution is 2.42. The maximum absolute atomic E-state index is 5.57. The smallest absolute Gasteiger partial charge is 0.0674 e. The maximum Gasteiger partial charge on any atom is 0.0674 e. The molecule has 0 saturated carbocycles. The van der Waals surface area contributed by atoms with Crippen molar-refractivity contribution in [2.75, 3.05) is 27.4 Å². The van der Waals surface area contributed by atoms with E-state index < -0.39 is 0 Å². The molecule has 3 rings (SSSR count). The summed E-state index contributed by atoms with van der Waals surface area (Å²) in [5.74, 6) is 0. The molecular weight excluding hydrogens is 248 g/mol. The van der Waals surface area contributed by atoms with Gasteiger partial charge in [-0.2, -0.15) is 0 Å². The monoisotopic (exact) mass is 268 g/mol. The Balaban J connectivity index is 2.25. The molecule has 0 bridgehead atoms. The van der Waals surface area contributed by atoms with Crippen LogP contribution in [0.2, 0.25) is 0 Å². The van der Waals surface area contributed by atoms with E-state index in [1.54, 1.807) is 14.2 Å². The molecule has 0 amide bonds. The first-order valence-corrected chi connectivity index (χ1v) is 6.96. The summed E-state index contributed by atoms with van der Waals surface area (Å²) in [6.07, 6.45) is 0.988. The van der Waals surface area contributed by atoms with Gasteiger partial charge in [0.2, 0.25) is 0 Å². The van der Waals surface area contributed by atoms with Crippen LogP contribution in [0.5, 0.6) is 0 Å². The lowest BCUT2D eigenvalue weighted by Crippen LogP contribution is -2.41. The Labute approximate surface area is 120 Å². The summed E-state index contributed by atoms with van der Waals surface area (Å²) in [4.78, 5) is 0. The van der Waals surface area contributed by atoms with Crippen molar-refractivity contribution in [3.05, 3.63) is 70.8 Å². The van der Waals surface area contributed by atoms with E-state index in [-0.39, 0.29) is 5.41 Å². The fourth-order valence-electron chi connectivity index (χ4n) is 3.48. The first kappa shape index (κ1) is 13.3. The SMILES string of the molecule is COCC1(COC)c2ccccc2Cc2ccccc21. The molecule has 2 heteroatoms. The van der Waals surface area contributed by atoms with Gasteiger partial charge in [-0.3, -0.25) is 0 Å². The standard InChI is InChI=1S/C18H20O2/c1-19-12-18(13-20-2)16-9-5-3-7-14(16)11-15-8-4-6-10-17(15)18/h3-10H,11-13H2,1-2H3. The van der Waals surface area contributed by atoms with Gasteiger partial charge in [-0.25, -0.2) is 0 Å². The lowest BCUT2D eigenvalue weighted by Gasteiger charge is -2.40. The molecular formula is C18H20O2. The Kier molecular flexibility index (Phi) is 3.60. The van der Waals surface area contributed by atoms with Crippen molar-refractivity contribution in [3.63, 3.8) is 0 Å². The van der Waals surface area contributed by atoms with Crippen LogP contribution in [0.15, 0.2) is 48.5 Å². The molecule has 0 aromatic heterocycles. The molecule has 0 fully saturated rings. The van der Waals surface area contributed by atoms with E-state index in [9.17, 15) is 0 Å². The molecule has 0 spiro atoms. The molecule has 0 N–H and O–H groups in total. The number of methoxy groups -OCH3 is 2. The average Bonchev–Trinajstić information content (AvgIpc) is 2.48. The summed E-state index contributed by atoms with van der Waals surface area (Å²) in [7, 11) is 3.52. The normalized spacial score (nSPS) is 15.5. The van der Waals surface area contributed by atoms with Crippen LogP contribution in [0.3, 0.4) is 0 Å². The van der Waals surface area contributed by atoms with Crippen molar-refractivity contribution in [3.8, 4) is 0 Å². The Hall–Kier alpha value is -1.64. The van der Waals surface area contributed by atoms with E-state index in [1.807, 2.05) is 0 Å². The summed E-state index contributed by atoms with van der Waals surface area (Å²) < 4.78 is 11.1. The number of hydrogen-bond donors (Lipinski definition) is 0. The van der Waals surface area contributed by atoms with Crippen molar-refractivity contribution in [2.45, 2.75) is 11.8 Å². The third-order valence-electron chi connectivity index (χ3n) is 4.23. The van der Waals surface area contributed by atoms with Gasteiger partial charge in [0, 0.05) is 14.2 Å². The van der Waals surface area contributed by atoms with Crippen molar-refractivity contribution >= 4 is 0 Å². The second kappa shape index (κ2) is 5.39. The minimum absolute atomic E-state index is 0.199. The van der Waals surface area contributed by atoms with Crippen LogP contribution in [0.25, 0.3) is 0 Å². The largest absolute Gasteiger partial charge is 0.383 e. The minimum atomic E-state index is -0.199. The molecule has 2 aromatic rings. The molecule has 2 aromatic carbocycles.